The van der Waals surface area contributed by atoms with Crippen molar-refractivity contribution in [3.63, 3.8) is 0 Å². The van der Waals surface area contributed by atoms with Crippen LogP contribution in [0.15, 0.2) is 12.7 Å². The standard InChI is InChI=1S/C3H9NO3S.C3H4O2/c1-2-3(4)8(5,6)7;1-2-3(4)5/h3H,2,4H2,1H3,(H,5,6,7);2H,1H2,(H,4,5). The Morgan fingerprint density at radius 2 is 2.00 bits per heavy atom. The Balaban J connectivity index is 0. The highest BCUT2D eigenvalue weighted by Gasteiger charge is 2.13. The first-order valence-electron chi connectivity index (χ1n) is 3.32. The quantitative estimate of drug-likeness (QED) is 0.440. The molecular weight excluding hydrogens is 198 g/mol. The molecule has 0 aliphatic carbocycles. The zero-order valence-corrected chi connectivity index (χ0v) is 7.99. The van der Waals surface area contributed by atoms with Crippen molar-refractivity contribution in [3.05, 3.63) is 12.7 Å². The molecule has 1 atom stereocenters. The highest BCUT2D eigenvalue weighted by atomic mass is 32.2. The number of carboxylic acid groups (broad SMARTS) is 1. The summed E-state index contributed by atoms with van der Waals surface area (Å²) in [6.45, 7) is 4.54. The van der Waals surface area contributed by atoms with E-state index in [1.54, 1.807) is 6.92 Å². The van der Waals surface area contributed by atoms with E-state index in [1.165, 1.54) is 0 Å². The molecule has 0 rings (SSSR count). The second kappa shape index (κ2) is 6.58. The van der Waals surface area contributed by atoms with Crippen LogP contribution < -0.4 is 5.73 Å². The fourth-order valence-electron chi connectivity index (χ4n) is 0.211. The topological polar surface area (TPSA) is 118 Å². The van der Waals surface area contributed by atoms with E-state index in [0.29, 0.717) is 0 Å². The number of carboxylic acids is 1. The summed E-state index contributed by atoms with van der Waals surface area (Å²) in [6.07, 6.45) is 1.07. The van der Waals surface area contributed by atoms with Crippen molar-refractivity contribution in [2.75, 3.05) is 0 Å². The van der Waals surface area contributed by atoms with Crippen LogP contribution in [0.4, 0.5) is 0 Å². The van der Waals surface area contributed by atoms with E-state index in [0.717, 1.165) is 6.08 Å². The molecule has 1 unspecified atom stereocenters. The molecule has 0 saturated heterocycles. The third-order valence-corrected chi connectivity index (χ3v) is 2.06. The third kappa shape index (κ3) is 11.1. The van der Waals surface area contributed by atoms with Crippen molar-refractivity contribution in [1.82, 2.24) is 0 Å². The summed E-state index contributed by atoms with van der Waals surface area (Å²) in [4.78, 5) is 9.25. The average Bonchev–Trinajstić information content (AvgIpc) is 2.02. The van der Waals surface area contributed by atoms with Gasteiger partial charge in [-0.3, -0.25) is 4.55 Å². The maximum atomic E-state index is 9.99. The fourth-order valence-corrected chi connectivity index (χ4v) is 0.632. The normalized spacial score (nSPS) is 12.2. The summed E-state index contributed by atoms with van der Waals surface area (Å²) in [5, 5.41) is 6.48. The minimum atomic E-state index is -3.98. The highest BCUT2D eigenvalue weighted by Crippen LogP contribution is 1.93. The minimum Gasteiger partial charge on any atom is -0.478 e. The van der Waals surface area contributed by atoms with Crippen molar-refractivity contribution in [3.8, 4) is 0 Å². The molecule has 4 N–H and O–H groups in total. The van der Waals surface area contributed by atoms with Gasteiger partial charge in [0.2, 0.25) is 0 Å². The van der Waals surface area contributed by atoms with Crippen molar-refractivity contribution < 1.29 is 22.9 Å². The van der Waals surface area contributed by atoms with Gasteiger partial charge in [0.1, 0.15) is 5.37 Å². The lowest BCUT2D eigenvalue weighted by atomic mass is 10.5. The molecule has 0 spiro atoms. The molecule has 0 heterocycles. The molecular formula is C6H13NO5S. The van der Waals surface area contributed by atoms with Gasteiger partial charge >= 0.3 is 5.97 Å². The van der Waals surface area contributed by atoms with Gasteiger partial charge in [-0.25, -0.2) is 4.79 Å². The SMILES string of the molecule is C=CC(=O)O.CCC(N)S(=O)(=O)O. The molecule has 0 saturated carbocycles. The van der Waals surface area contributed by atoms with Gasteiger partial charge in [0.15, 0.2) is 0 Å². The van der Waals surface area contributed by atoms with Gasteiger partial charge in [0.05, 0.1) is 0 Å². The van der Waals surface area contributed by atoms with E-state index in [2.05, 4.69) is 6.58 Å². The highest BCUT2D eigenvalue weighted by molar-refractivity contribution is 7.86. The summed E-state index contributed by atoms with van der Waals surface area (Å²) in [5.74, 6) is -0.981. The van der Waals surface area contributed by atoms with Gasteiger partial charge in [-0.05, 0) is 6.42 Å². The maximum absolute atomic E-state index is 9.99. The molecule has 0 radical (unpaired) electrons. The van der Waals surface area contributed by atoms with E-state index >= 15 is 0 Å². The van der Waals surface area contributed by atoms with Crippen LogP contribution in [0.5, 0.6) is 0 Å². The predicted molar refractivity (Wildman–Crippen MR) is 47.6 cm³/mol. The van der Waals surface area contributed by atoms with Crippen molar-refractivity contribution in [1.29, 1.82) is 0 Å². The first-order valence-corrected chi connectivity index (χ1v) is 4.83. The first-order chi connectivity index (χ1) is 5.75. The number of hydrogen-bond donors (Lipinski definition) is 3. The molecule has 0 aromatic heterocycles. The molecule has 0 aliphatic rings. The zero-order valence-electron chi connectivity index (χ0n) is 7.17. The van der Waals surface area contributed by atoms with Gasteiger partial charge in [-0.15, -0.1) is 0 Å². The molecule has 13 heavy (non-hydrogen) atoms. The molecule has 7 heteroatoms. The van der Waals surface area contributed by atoms with Gasteiger partial charge in [0.25, 0.3) is 10.1 Å². The van der Waals surface area contributed by atoms with E-state index < -0.39 is 21.5 Å². The van der Waals surface area contributed by atoms with E-state index in [4.69, 9.17) is 15.4 Å². The lowest BCUT2D eigenvalue weighted by Gasteiger charge is -2.01. The predicted octanol–water partition coefficient (Wildman–Crippen LogP) is -0.174. The maximum Gasteiger partial charge on any atom is 0.327 e. The van der Waals surface area contributed by atoms with Crippen LogP contribution in [0, 0.1) is 0 Å². The van der Waals surface area contributed by atoms with Gasteiger partial charge in [-0.2, -0.15) is 8.42 Å². The molecule has 78 valence electrons. The summed E-state index contributed by atoms with van der Waals surface area (Å²) in [7, 11) is -3.98. The molecule has 0 aromatic carbocycles. The number of rotatable bonds is 3. The van der Waals surface area contributed by atoms with E-state index in [1.807, 2.05) is 0 Å². The third-order valence-electron chi connectivity index (χ3n) is 0.960. The average molecular weight is 211 g/mol. The summed E-state index contributed by atoms with van der Waals surface area (Å²) in [6, 6.07) is 0. The first kappa shape index (κ1) is 14.6. The number of carbonyl (C=O) groups is 1. The second-order valence-corrected chi connectivity index (χ2v) is 3.64. The van der Waals surface area contributed by atoms with E-state index in [9.17, 15) is 13.2 Å². The number of hydrogen-bond acceptors (Lipinski definition) is 4. The molecule has 0 bridgehead atoms. The second-order valence-electron chi connectivity index (χ2n) is 2.00. The van der Waals surface area contributed by atoms with Crippen LogP contribution in [0.3, 0.4) is 0 Å². The van der Waals surface area contributed by atoms with Crippen LogP contribution >= 0.6 is 0 Å². The van der Waals surface area contributed by atoms with Crippen molar-refractivity contribution in [2.45, 2.75) is 18.7 Å². The summed E-state index contributed by atoms with van der Waals surface area (Å²) in [5.41, 5.74) is 4.91. The number of nitrogens with two attached hydrogens (primary N) is 1. The lowest BCUT2D eigenvalue weighted by molar-refractivity contribution is -0.131. The Labute approximate surface area is 76.8 Å². The van der Waals surface area contributed by atoms with Gasteiger partial charge < -0.3 is 10.8 Å². The van der Waals surface area contributed by atoms with Crippen molar-refractivity contribution in [2.24, 2.45) is 5.73 Å². The van der Waals surface area contributed by atoms with Crippen LogP contribution in [0.25, 0.3) is 0 Å². The summed E-state index contributed by atoms with van der Waals surface area (Å²) >= 11 is 0. The largest absolute Gasteiger partial charge is 0.478 e. The van der Waals surface area contributed by atoms with Crippen molar-refractivity contribution >= 4 is 16.1 Å². The summed E-state index contributed by atoms with van der Waals surface area (Å²) < 4.78 is 28.1. The molecule has 0 aromatic rings. The fraction of sp³-hybridized carbons (Fsp3) is 0.500. The Kier molecular flexibility index (Phi) is 7.39. The van der Waals surface area contributed by atoms with Crippen LogP contribution in [-0.2, 0) is 14.9 Å². The van der Waals surface area contributed by atoms with Crippen LogP contribution in [-0.4, -0.2) is 29.4 Å². The molecule has 6 nitrogen and oxygen atoms in total. The van der Waals surface area contributed by atoms with Gasteiger partial charge in [0, 0.05) is 6.08 Å². The Morgan fingerprint density at radius 3 is 2.00 bits per heavy atom. The Bertz CT molecular complexity index is 258. The lowest BCUT2D eigenvalue weighted by Crippen LogP contribution is -2.28. The number of aliphatic carboxylic acids is 1. The molecule has 0 aliphatic heterocycles. The Morgan fingerprint density at radius 1 is 1.69 bits per heavy atom. The zero-order chi connectivity index (χ0) is 11.1. The van der Waals surface area contributed by atoms with Crippen LogP contribution in [0.1, 0.15) is 13.3 Å². The molecule has 0 amide bonds. The minimum absolute atomic E-state index is 0.235. The smallest absolute Gasteiger partial charge is 0.327 e. The Hall–Kier alpha value is -0.920. The van der Waals surface area contributed by atoms with Crippen LogP contribution in [0.2, 0.25) is 0 Å². The van der Waals surface area contributed by atoms with E-state index in [-0.39, 0.29) is 6.42 Å². The molecule has 0 fully saturated rings. The van der Waals surface area contributed by atoms with Gasteiger partial charge in [-0.1, -0.05) is 13.5 Å². The monoisotopic (exact) mass is 211 g/mol.